The number of halogens is 4. The van der Waals surface area contributed by atoms with Crippen molar-refractivity contribution in [3.05, 3.63) is 88.3 Å². The third-order valence-corrected chi connectivity index (χ3v) is 7.69. The van der Waals surface area contributed by atoms with E-state index in [4.69, 9.17) is 5.10 Å². The fourth-order valence-electron chi connectivity index (χ4n) is 5.69. The maximum Gasteiger partial charge on any atom is 0.419 e. The molecule has 0 fully saturated rings. The Morgan fingerprint density at radius 3 is 2.38 bits per heavy atom. The molecule has 6 nitrogen and oxygen atoms in total. The number of anilines is 1. The molecule has 0 saturated heterocycles. The van der Waals surface area contributed by atoms with Gasteiger partial charge in [0.2, 0.25) is 5.95 Å². The number of para-hydroxylation sites is 1. The Bertz CT molecular complexity index is 1690. The smallest absolute Gasteiger partial charge is 0.361 e. The molecule has 10 heteroatoms. The summed E-state index contributed by atoms with van der Waals surface area (Å²) >= 11 is 0. The van der Waals surface area contributed by atoms with Gasteiger partial charge in [-0.05, 0) is 48.6 Å². The number of nitrogens with zero attached hydrogens (tertiary/aromatic N) is 5. The molecular formula is C30H28F4N6. The number of hydrogen-bond acceptors (Lipinski definition) is 4. The van der Waals surface area contributed by atoms with Gasteiger partial charge in [0.15, 0.2) is 0 Å². The lowest BCUT2D eigenvalue weighted by atomic mass is 9.96. The van der Waals surface area contributed by atoms with Gasteiger partial charge in [0, 0.05) is 60.1 Å². The molecule has 4 heterocycles. The predicted octanol–water partition coefficient (Wildman–Crippen LogP) is 6.96. The second-order valence-electron chi connectivity index (χ2n) is 10.1. The molecule has 206 valence electrons. The summed E-state index contributed by atoms with van der Waals surface area (Å²) in [6.45, 7) is 6.79. The molecular weight excluding hydrogens is 520 g/mol. The standard InChI is InChI=1S/C30H28F4N6/c1-4-18-7-6-8-19(5-2)27(18)40-28(25-21-9-11-35-26(21)17(3)13-23(25)31)22-16-39(12-10-24(22)38-40)29-36-14-20(15-37-29)30(32,33)34/h6-9,11,13-15,35H,4-5,10,12,16H2,1-3H3. The molecule has 1 N–H and O–H groups in total. The van der Waals surface area contributed by atoms with Crippen molar-refractivity contribution in [2.24, 2.45) is 0 Å². The second-order valence-corrected chi connectivity index (χ2v) is 10.1. The van der Waals surface area contributed by atoms with Gasteiger partial charge in [0.25, 0.3) is 0 Å². The number of alkyl halides is 3. The molecule has 0 aliphatic carbocycles. The molecule has 5 aromatic rings. The van der Waals surface area contributed by atoms with Gasteiger partial charge in [-0.25, -0.2) is 19.0 Å². The van der Waals surface area contributed by atoms with E-state index in [2.05, 4.69) is 40.9 Å². The van der Waals surface area contributed by atoms with Gasteiger partial charge < -0.3 is 9.88 Å². The van der Waals surface area contributed by atoms with Crippen molar-refractivity contribution < 1.29 is 17.6 Å². The van der Waals surface area contributed by atoms with Crippen molar-refractivity contribution in [1.82, 2.24) is 24.7 Å². The molecule has 2 aromatic carbocycles. The molecule has 0 radical (unpaired) electrons. The van der Waals surface area contributed by atoms with Gasteiger partial charge in [0.1, 0.15) is 5.82 Å². The topological polar surface area (TPSA) is 62.6 Å². The predicted molar refractivity (Wildman–Crippen MR) is 146 cm³/mol. The number of aromatic nitrogens is 5. The zero-order valence-corrected chi connectivity index (χ0v) is 22.4. The highest BCUT2D eigenvalue weighted by Crippen LogP contribution is 2.41. The van der Waals surface area contributed by atoms with Crippen LogP contribution < -0.4 is 4.90 Å². The maximum absolute atomic E-state index is 16.0. The van der Waals surface area contributed by atoms with Crippen molar-refractivity contribution in [3.8, 4) is 16.9 Å². The minimum Gasteiger partial charge on any atom is -0.361 e. The van der Waals surface area contributed by atoms with E-state index in [1.165, 1.54) is 6.07 Å². The molecule has 0 atom stereocenters. The molecule has 1 aliphatic heterocycles. The normalized spacial score (nSPS) is 13.7. The molecule has 0 bridgehead atoms. The first-order valence-electron chi connectivity index (χ1n) is 13.3. The van der Waals surface area contributed by atoms with E-state index >= 15 is 4.39 Å². The summed E-state index contributed by atoms with van der Waals surface area (Å²) < 4.78 is 57.3. The van der Waals surface area contributed by atoms with Crippen LogP contribution in [0.4, 0.5) is 23.5 Å². The van der Waals surface area contributed by atoms with Gasteiger partial charge in [-0.2, -0.15) is 18.3 Å². The average Bonchev–Trinajstić information content (AvgIpc) is 3.58. The Morgan fingerprint density at radius 1 is 1.02 bits per heavy atom. The molecule has 6 rings (SSSR count). The summed E-state index contributed by atoms with van der Waals surface area (Å²) in [7, 11) is 0. The minimum atomic E-state index is -4.52. The van der Waals surface area contributed by atoms with Crippen molar-refractivity contribution >= 4 is 16.9 Å². The van der Waals surface area contributed by atoms with Crippen LogP contribution in [0.2, 0.25) is 0 Å². The summed E-state index contributed by atoms with van der Waals surface area (Å²) in [5, 5.41) is 5.81. The van der Waals surface area contributed by atoms with Crippen molar-refractivity contribution in [2.45, 2.75) is 52.8 Å². The van der Waals surface area contributed by atoms with Crippen molar-refractivity contribution in [1.29, 1.82) is 0 Å². The van der Waals surface area contributed by atoms with Gasteiger partial charge in [-0.3, -0.25) is 0 Å². The molecule has 0 spiro atoms. The van der Waals surface area contributed by atoms with Gasteiger partial charge in [0.05, 0.1) is 22.6 Å². The minimum absolute atomic E-state index is 0.191. The van der Waals surface area contributed by atoms with Crippen LogP contribution in [0.1, 0.15) is 47.4 Å². The lowest BCUT2D eigenvalue weighted by Gasteiger charge is -2.27. The Kier molecular flexibility index (Phi) is 6.35. The summed E-state index contributed by atoms with van der Waals surface area (Å²) in [6, 6.07) is 9.57. The Balaban J connectivity index is 1.58. The van der Waals surface area contributed by atoms with E-state index < -0.39 is 11.7 Å². The Labute approximate surface area is 228 Å². The summed E-state index contributed by atoms with van der Waals surface area (Å²) in [6.07, 6.45) is 0.943. The SMILES string of the molecule is CCc1cccc(CC)c1-n1nc2c(c1-c1c(F)cc(C)c3[nH]ccc13)CN(c1ncc(C(F)(F)F)cn1)CC2. The number of aryl methyl sites for hydroxylation is 3. The summed E-state index contributed by atoms with van der Waals surface area (Å²) in [5.41, 5.74) is 6.61. The largest absolute Gasteiger partial charge is 0.419 e. The zero-order valence-electron chi connectivity index (χ0n) is 22.4. The summed E-state index contributed by atoms with van der Waals surface area (Å²) in [4.78, 5) is 13.1. The van der Waals surface area contributed by atoms with Crippen LogP contribution in [-0.4, -0.2) is 31.3 Å². The molecule has 0 saturated carbocycles. The summed E-state index contributed by atoms with van der Waals surface area (Å²) in [5.74, 6) is -0.166. The fraction of sp³-hybridized carbons (Fsp3) is 0.300. The fourth-order valence-corrected chi connectivity index (χ4v) is 5.69. The van der Waals surface area contributed by atoms with Gasteiger partial charge >= 0.3 is 6.18 Å². The molecule has 1 aliphatic rings. The molecule has 40 heavy (non-hydrogen) atoms. The lowest BCUT2D eigenvalue weighted by molar-refractivity contribution is -0.138. The van der Waals surface area contributed by atoms with Crippen molar-refractivity contribution in [3.63, 3.8) is 0 Å². The first kappa shape index (κ1) is 26.0. The zero-order chi connectivity index (χ0) is 28.2. The van der Waals surface area contributed by atoms with Crippen LogP contribution in [-0.2, 0) is 32.0 Å². The monoisotopic (exact) mass is 548 g/mol. The Morgan fingerprint density at radius 2 is 1.73 bits per heavy atom. The van der Waals surface area contributed by atoms with Crippen LogP contribution in [0, 0.1) is 12.7 Å². The van der Waals surface area contributed by atoms with E-state index in [9.17, 15) is 13.2 Å². The van der Waals surface area contributed by atoms with E-state index in [-0.39, 0.29) is 18.3 Å². The quantitative estimate of drug-likeness (QED) is 0.241. The van der Waals surface area contributed by atoms with Crippen LogP contribution in [0.3, 0.4) is 0 Å². The number of nitrogens with one attached hydrogen (secondary N) is 1. The highest BCUT2D eigenvalue weighted by molar-refractivity contribution is 5.97. The van der Waals surface area contributed by atoms with E-state index in [0.29, 0.717) is 24.2 Å². The van der Waals surface area contributed by atoms with E-state index in [1.807, 2.05) is 28.6 Å². The number of rotatable bonds is 5. The van der Waals surface area contributed by atoms with Crippen LogP contribution in [0.5, 0.6) is 0 Å². The molecule has 0 amide bonds. The maximum atomic E-state index is 16.0. The Hall–Kier alpha value is -4.21. The highest BCUT2D eigenvalue weighted by atomic mass is 19.4. The first-order chi connectivity index (χ1) is 19.2. The second kappa shape index (κ2) is 9.76. The third kappa shape index (κ3) is 4.22. The van der Waals surface area contributed by atoms with Crippen LogP contribution >= 0.6 is 0 Å². The van der Waals surface area contributed by atoms with E-state index in [0.717, 1.165) is 69.8 Å². The van der Waals surface area contributed by atoms with Crippen LogP contribution in [0.25, 0.3) is 27.8 Å². The number of fused-ring (bicyclic) bond motifs is 2. The first-order valence-corrected chi connectivity index (χ1v) is 13.3. The van der Waals surface area contributed by atoms with Crippen LogP contribution in [0.15, 0.2) is 48.9 Å². The van der Waals surface area contributed by atoms with E-state index in [1.54, 1.807) is 6.20 Å². The number of aromatic amines is 1. The number of benzene rings is 2. The van der Waals surface area contributed by atoms with Crippen molar-refractivity contribution in [2.75, 3.05) is 11.4 Å². The lowest BCUT2D eigenvalue weighted by Crippen LogP contribution is -2.31. The molecule has 0 unspecified atom stereocenters. The highest BCUT2D eigenvalue weighted by Gasteiger charge is 2.33. The third-order valence-electron chi connectivity index (χ3n) is 7.69. The van der Waals surface area contributed by atoms with Gasteiger partial charge in [-0.15, -0.1) is 0 Å². The number of H-pyrrole nitrogens is 1. The molecule has 3 aromatic heterocycles. The average molecular weight is 549 g/mol. The number of hydrogen-bond donors (Lipinski definition) is 1. The van der Waals surface area contributed by atoms with Gasteiger partial charge in [-0.1, -0.05) is 32.0 Å².